The highest BCUT2D eigenvalue weighted by Gasteiger charge is 2.00. The lowest BCUT2D eigenvalue weighted by molar-refractivity contribution is 0.320. The molecule has 3 N–H and O–H groups in total. The summed E-state index contributed by atoms with van der Waals surface area (Å²) < 4.78 is 5.59. The summed E-state index contributed by atoms with van der Waals surface area (Å²) in [5.74, 6) is 0.815. The summed E-state index contributed by atoms with van der Waals surface area (Å²) in [4.78, 5) is 0. The number of phenolic OH excluding ortho intramolecular Hbond substituents is 1. The van der Waals surface area contributed by atoms with Crippen LogP contribution >= 0.6 is 12.6 Å². The minimum Gasteiger partial charge on any atom is -0.508 e. The molecule has 0 heterocycles. The number of thiol groups is 1. The van der Waals surface area contributed by atoms with Gasteiger partial charge in [0.1, 0.15) is 11.5 Å². The smallest absolute Gasteiger partial charge is 0.123 e. The summed E-state index contributed by atoms with van der Waals surface area (Å²) in [6.45, 7) is 2.91. The van der Waals surface area contributed by atoms with Crippen LogP contribution in [0.15, 0.2) is 41.3 Å². The van der Waals surface area contributed by atoms with Crippen molar-refractivity contribution in [3.05, 3.63) is 46.9 Å². The van der Waals surface area contributed by atoms with Crippen molar-refractivity contribution in [3.8, 4) is 11.5 Å². The topological polar surface area (TPSA) is 55.5 Å². The molecular formula is C14H19NO2S. The van der Waals surface area contributed by atoms with E-state index >= 15 is 0 Å². The maximum atomic E-state index is 9.50. The Balaban J connectivity index is 2.56. The molecule has 4 heteroatoms. The third-order valence-electron chi connectivity index (χ3n) is 2.51. The first-order valence-corrected chi connectivity index (χ1v) is 6.33. The highest BCUT2D eigenvalue weighted by Crippen LogP contribution is 2.22. The molecule has 0 aromatic heterocycles. The molecule has 0 unspecified atom stereocenters. The Labute approximate surface area is 113 Å². The third kappa shape index (κ3) is 4.85. The fourth-order valence-electron chi connectivity index (χ4n) is 1.55. The van der Waals surface area contributed by atoms with Gasteiger partial charge in [-0.05, 0) is 35.6 Å². The van der Waals surface area contributed by atoms with Crippen LogP contribution in [0.5, 0.6) is 11.5 Å². The molecule has 0 aliphatic rings. The Morgan fingerprint density at radius 2 is 2.22 bits per heavy atom. The number of phenols is 1. The van der Waals surface area contributed by atoms with Crippen LogP contribution in [0.2, 0.25) is 0 Å². The highest BCUT2D eigenvalue weighted by molar-refractivity contribution is 7.83. The van der Waals surface area contributed by atoms with Gasteiger partial charge in [-0.15, -0.1) is 0 Å². The standard InChI is InChI=1S/C14H19NO2S/c1-2-11(4-6-18)3-5-17-14-8-12(10-15)7-13(16)9-14/h2,4,6-9,16,18H,3,5,10,15H2,1H3/b6-4-,11-2-. The van der Waals surface area contributed by atoms with Gasteiger partial charge in [0.2, 0.25) is 0 Å². The number of nitrogens with two attached hydrogens (primary N) is 1. The number of aromatic hydroxyl groups is 1. The summed E-state index contributed by atoms with van der Waals surface area (Å²) in [6, 6.07) is 5.06. The first-order valence-electron chi connectivity index (χ1n) is 5.81. The zero-order valence-electron chi connectivity index (χ0n) is 10.5. The van der Waals surface area contributed by atoms with E-state index in [0.29, 0.717) is 18.9 Å². The van der Waals surface area contributed by atoms with Gasteiger partial charge in [0.15, 0.2) is 0 Å². The van der Waals surface area contributed by atoms with Gasteiger partial charge < -0.3 is 15.6 Å². The molecule has 0 fully saturated rings. The van der Waals surface area contributed by atoms with Crippen LogP contribution in [-0.2, 0) is 6.54 Å². The van der Waals surface area contributed by atoms with Crippen LogP contribution in [0, 0.1) is 0 Å². The number of benzene rings is 1. The van der Waals surface area contributed by atoms with Crippen LogP contribution in [0.1, 0.15) is 18.9 Å². The normalized spacial score (nSPS) is 12.1. The fraction of sp³-hybridized carbons (Fsp3) is 0.286. The summed E-state index contributed by atoms with van der Waals surface area (Å²) in [5.41, 5.74) is 7.54. The maximum Gasteiger partial charge on any atom is 0.123 e. The first kappa shape index (κ1) is 14.7. The van der Waals surface area contributed by atoms with Crippen molar-refractivity contribution in [2.45, 2.75) is 19.9 Å². The van der Waals surface area contributed by atoms with E-state index in [0.717, 1.165) is 17.6 Å². The van der Waals surface area contributed by atoms with E-state index in [1.54, 1.807) is 17.5 Å². The van der Waals surface area contributed by atoms with E-state index in [9.17, 15) is 5.11 Å². The Kier molecular flexibility index (Phi) is 6.39. The van der Waals surface area contributed by atoms with Gasteiger partial charge in [-0.25, -0.2) is 0 Å². The van der Waals surface area contributed by atoms with Gasteiger partial charge in [-0.3, -0.25) is 0 Å². The molecule has 0 saturated heterocycles. The number of ether oxygens (including phenoxy) is 1. The molecule has 0 saturated carbocycles. The van der Waals surface area contributed by atoms with Gasteiger partial charge in [-0.2, -0.15) is 12.6 Å². The van der Waals surface area contributed by atoms with Gasteiger partial charge >= 0.3 is 0 Å². The number of hydrogen-bond donors (Lipinski definition) is 3. The van der Waals surface area contributed by atoms with E-state index in [1.165, 1.54) is 0 Å². The van der Waals surface area contributed by atoms with Gasteiger partial charge in [-0.1, -0.05) is 12.2 Å². The average molecular weight is 265 g/mol. The number of allylic oxidation sites excluding steroid dienone is 2. The molecule has 0 aliphatic carbocycles. The van der Waals surface area contributed by atoms with E-state index in [1.807, 2.05) is 25.1 Å². The Hall–Kier alpha value is -1.39. The van der Waals surface area contributed by atoms with Crippen LogP contribution in [0.3, 0.4) is 0 Å². The minimum absolute atomic E-state index is 0.175. The minimum atomic E-state index is 0.175. The van der Waals surface area contributed by atoms with Crippen LogP contribution < -0.4 is 10.5 Å². The summed E-state index contributed by atoms with van der Waals surface area (Å²) in [6.07, 6.45) is 4.74. The predicted octanol–water partition coefficient (Wildman–Crippen LogP) is 3.01. The highest BCUT2D eigenvalue weighted by atomic mass is 32.1. The largest absolute Gasteiger partial charge is 0.508 e. The second-order valence-electron chi connectivity index (χ2n) is 3.82. The maximum absolute atomic E-state index is 9.50. The fourth-order valence-corrected chi connectivity index (χ4v) is 1.74. The lowest BCUT2D eigenvalue weighted by Gasteiger charge is -2.08. The van der Waals surface area contributed by atoms with E-state index in [-0.39, 0.29) is 5.75 Å². The molecule has 98 valence electrons. The Bertz CT molecular complexity index is 441. The average Bonchev–Trinajstić information content (AvgIpc) is 2.37. The van der Waals surface area contributed by atoms with Crippen molar-refractivity contribution in [3.63, 3.8) is 0 Å². The van der Waals surface area contributed by atoms with E-state index in [4.69, 9.17) is 10.5 Å². The predicted molar refractivity (Wildman–Crippen MR) is 78.0 cm³/mol. The molecule has 0 spiro atoms. The zero-order chi connectivity index (χ0) is 13.4. The summed E-state index contributed by atoms with van der Waals surface area (Å²) >= 11 is 4.04. The first-order chi connectivity index (χ1) is 8.69. The lowest BCUT2D eigenvalue weighted by atomic mass is 10.2. The number of hydrogen-bond acceptors (Lipinski definition) is 4. The lowest BCUT2D eigenvalue weighted by Crippen LogP contribution is -2.00. The Morgan fingerprint density at radius 1 is 1.44 bits per heavy atom. The molecule has 0 bridgehead atoms. The molecule has 1 rings (SSSR count). The summed E-state index contributed by atoms with van der Waals surface area (Å²) in [5, 5.41) is 11.2. The molecule has 0 amide bonds. The zero-order valence-corrected chi connectivity index (χ0v) is 11.4. The van der Waals surface area contributed by atoms with Crippen molar-refractivity contribution in [1.82, 2.24) is 0 Å². The second kappa shape index (κ2) is 7.84. The molecule has 0 aliphatic heterocycles. The van der Waals surface area contributed by atoms with Crippen LogP contribution in [-0.4, -0.2) is 11.7 Å². The van der Waals surface area contributed by atoms with Crippen molar-refractivity contribution in [2.75, 3.05) is 6.61 Å². The van der Waals surface area contributed by atoms with Gasteiger partial charge in [0.25, 0.3) is 0 Å². The van der Waals surface area contributed by atoms with Crippen LogP contribution in [0.25, 0.3) is 0 Å². The molecule has 18 heavy (non-hydrogen) atoms. The molecular weight excluding hydrogens is 246 g/mol. The number of rotatable bonds is 6. The molecule has 1 aromatic rings. The quantitative estimate of drug-likeness (QED) is 0.547. The molecule has 0 radical (unpaired) electrons. The molecule has 1 aromatic carbocycles. The van der Waals surface area contributed by atoms with Crippen LogP contribution in [0.4, 0.5) is 0 Å². The van der Waals surface area contributed by atoms with Crippen molar-refractivity contribution in [2.24, 2.45) is 5.73 Å². The summed E-state index contributed by atoms with van der Waals surface area (Å²) in [7, 11) is 0. The van der Waals surface area contributed by atoms with E-state index in [2.05, 4.69) is 12.6 Å². The van der Waals surface area contributed by atoms with Crippen molar-refractivity contribution < 1.29 is 9.84 Å². The Morgan fingerprint density at radius 3 is 2.83 bits per heavy atom. The third-order valence-corrected chi connectivity index (χ3v) is 2.65. The van der Waals surface area contributed by atoms with Crippen molar-refractivity contribution in [1.29, 1.82) is 0 Å². The SMILES string of the molecule is C/C=C(\C=C/S)CCOc1cc(O)cc(CN)c1. The van der Waals surface area contributed by atoms with Gasteiger partial charge in [0.05, 0.1) is 6.61 Å². The van der Waals surface area contributed by atoms with E-state index < -0.39 is 0 Å². The molecule has 0 atom stereocenters. The van der Waals surface area contributed by atoms with Crippen molar-refractivity contribution >= 4 is 12.6 Å². The molecule has 3 nitrogen and oxygen atoms in total. The second-order valence-corrected chi connectivity index (χ2v) is 4.12. The van der Waals surface area contributed by atoms with Gasteiger partial charge in [0, 0.05) is 19.0 Å². The monoisotopic (exact) mass is 265 g/mol.